The van der Waals surface area contributed by atoms with Gasteiger partial charge in [-0.1, -0.05) is 12.1 Å². The second-order valence-electron chi connectivity index (χ2n) is 6.72. The molecule has 3 rings (SSSR count). The molecule has 0 radical (unpaired) electrons. The molecule has 6 heteroatoms. The fraction of sp³-hybridized carbons (Fsp3) is 0.333. The Morgan fingerprint density at radius 3 is 2.22 bits per heavy atom. The van der Waals surface area contributed by atoms with E-state index < -0.39 is 11.8 Å². The number of hydrogen-bond donors (Lipinski definition) is 3. The molecule has 2 aromatic rings. The monoisotopic (exact) mass is 367 g/mol. The first kappa shape index (κ1) is 18.8. The van der Waals surface area contributed by atoms with Crippen LogP contribution >= 0.6 is 0 Å². The number of piperidine rings is 1. The summed E-state index contributed by atoms with van der Waals surface area (Å²) in [4.78, 5) is 26.3. The van der Waals surface area contributed by atoms with E-state index in [1.165, 1.54) is 19.3 Å². The zero-order chi connectivity index (χ0) is 19.1. The second-order valence-corrected chi connectivity index (χ2v) is 6.72. The number of benzene rings is 2. The van der Waals surface area contributed by atoms with Crippen LogP contribution in [0.4, 0.5) is 11.4 Å². The van der Waals surface area contributed by atoms with Gasteiger partial charge in [0.2, 0.25) is 0 Å². The van der Waals surface area contributed by atoms with Crippen LogP contribution in [0, 0.1) is 0 Å². The molecule has 27 heavy (non-hydrogen) atoms. The third kappa shape index (κ3) is 5.48. The van der Waals surface area contributed by atoms with Gasteiger partial charge >= 0.3 is 11.8 Å². The van der Waals surface area contributed by atoms with E-state index in [1.807, 2.05) is 24.3 Å². The molecule has 6 nitrogen and oxygen atoms in total. The van der Waals surface area contributed by atoms with Crippen molar-refractivity contribution in [3.63, 3.8) is 0 Å². The Morgan fingerprint density at radius 1 is 0.889 bits per heavy atom. The molecular weight excluding hydrogens is 342 g/mol. The van der Waals surface area contributed by atoms with Gasteiger partial charge < -0.3 is 20.6 Å². The van der Waals surface area contributed by atoms with Crippen molar-refractivity contribution >= 4 is 23.2 Å². The standard InChI is InChI=1S/C21H25N3O3/c25-19-10-4-16(5-11-19)12-13-22-20(26)21(27)23-17-6-8-18(9-7-17)24-14-2-1-3-15-24/h4-11,25H,1-3,12-15H2,(H,22,26)(H,23,27). The van der Waals surface area contributed by atoms with Gasteiger partial charge in [-0.15, -0.1) is 0 Å². The summed E-state index contributed by atoms with van der Waals surface area (Å²) < 4.78 is 0. The molecule has 3 N–H and O–H groups in total. The molecule has 0 aliphatic carbocycles. The highest BCUT2D eigenvalue weighted by Gasteiger charge is 2.14. The molecule has 2 amide bonds. The predicted molar refractivity (Wildman–Crippen MR) is 106 cm³/mol. The van der Waals surface area contributed by atoms with E-state index in [-0.39, 0.29) is 5.75 Å². The minimum absolute atomic E-state index is 0.202. The highest BCUT2D eigenvalue weighted by atomic mass is 16.3. The second kappa shape index (κ2) is 9.07. The van der Waals surface area contributed by atoms with Crippen LogP contribution in [0.25, 0.3) is 0 Å². The van der Waals surface area contributed by atoms with Gasteiger partial charge in [-0.2, -0.15) is 0 Å². The maximum atomic E-state index is 12.0. The lowest BCUT2D eigenvalue weighted by Crippen LogP contribution is -2.36. The van der Waals surface area contributed by atoms with E-state index in [4.69, 9.17) is 0 Å². The first-order valence-corrected chi connectivity index (χ1v) is 9.34. The summed E-state index contributed by atoms with van der Waals surface area (Å²) >= 11 is 0. The third-order valence-corrected chi connectivity index (χ3v) is 4.69. The summed E-state index contributed by atoms with van der Waals surface area (Å²) in [7, 11) is 0. The smallest absolute Gasteiger partial charge is 0.313 e. The molecule has 0 bridgehead atoms. The van der Waals surface area contributed by atoms with Crippen LogP contribution in [-0.2, 0) is 16.0 Å². The van der Waals surface area contributed by atoms with E-state index in [2.05, 4.69) is 15.5 Å². The average molecular weight is 367 g/mol. The van der Waals surface area contributed by atoms with Gasteiger partial charge in [0.15, 0.2) is 0 Å². The van der Waals surface area contributed by atoms with Crippen LogP contribution in [0.5, 0.6) is 5.75 Å². The van der Waals surface area contributed by atoms with E-state index in [0.29, 0.717) is 18.7 Å². The van der Waals surface area contributed by atoms with Gasteiger partial charge in [0.1, 0.15) is 5.75 Å². The predicted octanol–water partition coefficient (Wildman–Crippen LogP) is 2.68. The fourth-order valence-corrected chi connectivity index (χ4v) is 3.16. The lowest BCUT2D eigenvalue weighted by molar-refractivity contribution is -0.136. The number of carbonyl (C=O) groups excluding carboxylic acids is 2. The minimum Gasteiger partial charge on any atom is -0.508 e. The van der Waals surface area contributed by atoms with Crippen LogP contribution in [0.3, 0.4) is 0 Å². The summed E-state index contributed by atoms with van der Waals surface area (Å²) in [5.41, 5.74) is 2.72. The molecule has 0 saturated carbocycles. The van der Waals surface area contributed by atoms with Crippen LogP contribution in [-0.4, -0.2) is 36.6 Å². The zero-order valence-corrected chi connectivity index (χ0v) is 15.3. The Bertz CT molecular complexity index is 766. The Kier molecular flexibility index (Phi) is 6.30. The van der Waals surface area contributed by atoms with Crippen molar-refractivity contribution in [2.24, 2.45) is 0 Å². The van der Waals surface area contributed by atoms with Crippen molar-refractivity contribution in [1.29, 1.82) is 0 Å². The van der Waals surface area contributed by atoms with Crippen LogP contribution in [0.1, 0.15) is 24.8 Å². The first-order chi connectivity index (χ1) is 13.1. The van der Waals surface area contributed by atoms with Crippen molar-refractivity contribution in [3.8, 4) is 5.75 Å². The van der Waals surface area contributed by atoms with Crippen LogP contribution < -0.4 is 15.5 Å². The molecule has 1 aliphatic rings. The van der Waals surface area contributed by atoms with Crippen molar-refractivity contribution in [1.82, 2.24) is 5.32 Å². The number of rotatable bonds is 5. The number of nitrogens with one attached hydrogen (secondary N) is 2. The molecule has 0 spiro atoms. The molecular formula is C21H25N3O3. The van der Waals surface area contributed by atoms with Crippen molar-refractivity contribution in [2.45, 2.75) is 25.7 Å². The van der Waals surface area contributed by atoms with Crippen molar-refractivity contribution in [3.05, 3.63) is 54.1 Å². The van der Waals surface area contributed by atoms with Gasteiger partial charge in [0.25, 0.3) is 0 Å². The molecule has 2 aromatic carbocycles. The number of hydrogen-bond acceptors (Lipinski definition) is 4. The van der Waals surface area contributed by atoms with Crippen molar-refractivity contribution < 1.29 is 14.7 Å². The number of aromatic hydroxyl groups is 1. The molecule has 0 unspecified atom stereocenters. The maximum Gasteiger partial charge on any atom is 0.313 e. The summed E-state index contributed by atoms with van der Waals surface area (Å²) in [5.74, 6) is -1.13. The highest BCUT2D eigenvalue weighted by molar-refractivity contribution is 6.39. The van der Waals surface area contributed by atoms with E-state index in [9.17, 15) is 14.7 Å². The Morgan fingerprint density at radius 2 is 1.56 bits per heavy atom. The molecule has 1 saturated heterocycles. The largest absolute Gasteiger partial charge is 0.508 e. The topological polar surface area (TPSA) is 81.7 Å². The number of phenols is 1. The van der Waals surface area contributed by atoms with Crippen LogP contribution in [0.2, 0.25) is 0 Å². The lowest BCUT2D eigenvalue weighted by Gasteiger charge is -2.28. The highest BCUT2D eigenvalue weighted by Crippen LogP contribution is 2.21. The summed E-state index contributed by atoms with van der Waals surface area (Å²) in [5, 5.41) is 14.5. The number of anilines is 2. The quantitative estimate of drug-likeness (QED) is 0.710. The molecule has 1 heterocycles. The van der Waals surface area contributed by atoms with Gasteiger partial charge in [0.05, 0.1) is 0 Å². The number of phenolic OH excluding ortho intramolecular Hbond substituents is 1. The molecule has 1 fully saturated rings. The maximum absolute atomic E-state index is 12.0. The minimum atomic E-state index is -0.675. The Balaban J connectivity index is 1.44. The van der Waals surface area contributed by atoms with Gasteiger partial charge in [-0.25, -0.2) is 0 Å². The lowest BCUT2D eigenvalue weighted by atomic mass is 10.1. The molecule has 142 valence electrons. The van der Waals surface area contributed by atoms with E-state index in [1.54, 1.807) is 24.3 Å². The van der Waals surface area contributed by atoms with Gasteiger partial charge in [-0.3, -0.25) is 9.59 Å². The van der Waals surface area contributed by atoms with Gasteiger partial charge in [-0.05, 0) is 67.6 Å². The molecule has 0 aromatic heterocycles. The Labute approximate surface area is 159 Å². The van der Waals surface area contributed by atoms with Gasteiger partial charge in [0, 0.05) is 31.0 Å². The number of amides is 2. The van der Waals surface area contributed by atoms with Crippen molar-refractivity contribution in [2.75, 3.05) is 29.9 Å². The normalized spacial score (nSPS) is 13.9. The summed E-state index contributed by atoms with van der Waals surface area (Å²) in [6, 6.07) is 14.4. The molecule has 0 atom stereocenters. The van der Waals surface area contributed by atoms with E-state index in [0.717, 1.165) is 24.3 Å². The number of carbonyl (C=O) groups is 2. The molecule has 1 aliphatic heterocycles. The fourth-order valence-electron chi connectivity index (χ4n) is 3.16. The first-order valence-electron chi connectivity index (χ1n) is 9.34. The Hall–Kier alpha value is -3.02. The number of nitrogens with zero attached hydrogens (tertiary/aromatic N) is 1. The summed E-state index contributed by atoms with van der Waals surface area (Å²) in [6.07, 6.45) is 4.29. The SMILES string of the molecule is O=C(NCCc1ccc(O)cc1)C(=O)Nc1ccc(N2CCCCC2)cc1. The summed E-state index contributed by atoms with van der Waals surface area (Å²) in [6.45, 7) is 2.48. The van der Waals surface area contributed by atoms with Crippen LogP contribution in [0.15, 0.2) is 48.5 Å². The zero-order valence-electron chi connectivity index (χ0n) is 15.3. The average Bonchev–Trinajstić information content (AvgIpc) is 2.70. The van der Waals surface area contributed by atoms with E-state index >= 15 is 0 Å². The third-order valence-electron chi connectivity index (χ3n) is 4.69.